The zero-order valence-corrected chi connectivity index (χ0v) is 19.6. The third kappa shape index (κ3) is 5.90. The molecule has 2 nitrogen and oxygen atoms in total. The van der Waals surface area contributed by atoms with Gasteiger partial charge in [0.15, 0.2) is 0 Å². The minimum absolute atomic E-state index is 0.361. The van der Waals surface area contributed by atoms with E-state index >= 15 is 0 Å². The molecule has 3 atom stereocenters. The zero-order chi connectivity index (χ0) is 21.4. The molecule has 2 aliphatic rings. The van der Waals surface area contributed by atoms with Gasteiger partial charge in [-0.05, 0) is 56.9 Å². The van der Waals surface area contributed by atoms with E-state index in [1.54, 1.807) is 0 Å². The first-order chi connectivity index (χ1) is 14.0. The summed E-state index contributed by atoms with van der Waals surface area (Å²) in [5.41, 5.74) is 3.96. The predicted octanol–water partition coefficient (Wildman–Crippen LogP) is 7.11. The van der Waals surface area contributed by atoms with Crippen molar-refractivity contribution in [2.24, 2.45) is 11.8 Å². The van der Waals surface area contributed by atoms with Crippen molar-refractivity contribution in [3.8, 4) is 0 Å². The summed E-state index contributed by atoms with van der Waals surface area (Å²) in [7, 11) is 2.26. The smallest absolute Gasteiger partial charge is 0.0704 e. The SMILES string of the molecule is C=C(NC(C)C)C(C1CCCC1)N(C)C(=C)C1CCCC1c1ccccc1.CC. The van der Waals surface area contributed by atoms with E-state index in [0.29, 0.717) is 29.8 Å². The lowest BCUT2D eigenvalue weighted by atomic mass is 9.85. The molecule has 29 heavy (non-hydrogen) atoms. The maximum atomic E-state index is 4.62. The molecule has 1 aromatic rings. The van der Waals surface area contributed by atoms with E-state index in [4.69, 9.17) is 0 Å². The van der Waals surface area contributed by atoms with Crippen LogP contribution in [0.15, 0.2) is 54.9 Å². The largest absolute Gasteiger partial charge is 0.385 e. The number of rotatable bonds is 8. The number of nitrogens with one attached hydrogen (secondary N) is 1. The van der Waals surface area contributed by atoms with Crippen LogP contribution in [0.4, 0.5) is 0 Å². The fourth-order valence-corrected chi connectivity index (χ4v) is 5.46. The maximum absolute atomic E-state index is 4.62. The Hall–Kier alpha value is -1.70. The van der Waals surface area contributed by atoms with Crippen LogP contribution in [0.3, 0.4) is 0 Å². The molecule has 1 N–H and O–H groups in total. The molecule has 3 rings (SSSR count). The van der Waals surface area contributed by atoms with E-state index in [9.17, 15) is 0 Å². The Morgan fingerprint density at radius 2 is 1.59 bits per heavy atom. The Morgan fingerprint density at radius 3 is 2.17 bits per heavy atom. The first-order valence-electron chi connectivity index (χ1n) is 11.9. The summed E-state index contributed by atoms with van der Waals surface area (Å²) in [5, 5.41) is 3.61. The quantitative estimate of drug-likeness (QED) is 0.503. The van der Waals surface area contributed by atoms with Crippen molar-refractivity contribution in [2.75, 3.05) is 7.05 Å². The van der Waals surface area contributed by atoms with Crippen LogP contribution in [0.5, 0.6) is 0 Å². The van der Waals surface area contributed by atoms with Crippen LogP contribution < -0.4 is 5.32 Å². The average Bonchev–Trinajstić information content (AvgIpc) is 3.41. The normalized spacial score (nSPS) is 22.7. The van der Waals surface area contributed by atoms with Gasteiger partial charge in [0.25, 0.3) is 0 Å². The summed E-state index contributed by atoms with van der Waals surface area (Å²) in [5.74, 6) is 1.85. The van der Waals surface area contributed by atoms with E-state index in [0.717, 1.165) is 0 Å². The van der Waals surface area contributed by atoms with E-state index in [-0.39, 0.29) is 0 Å². The fraction of sp³-hybridized carbons (Fsp3) is 0.630. The van der Waals surface area contributed by atoms with Crippen LogP contribution in [0.25, 0.3) is 0 Å². The van der Waals surface area contributed by atoms with Crippen LogP contribution in [0, 0.1) is 11.8 Å². The molecule has 3 unspecified atom stereocenters. The lowest BCUT2D eigenvalue weighted by molar-refractivity contribution is 0.217. The second-order valence-corrected chi connectivity index (χ2v) is 8.97. The average molecular weight is 397 g/mol. The molecule has 0 amide bonds. The monoisotopic (exact) mass is 396 g/mol. The summed E-state index contributed by atoms with van der Waals surface area (Å²) >= 11 is 0. The van der Waals surface area contributed by atoms with Crippen molar-refractivity contribution in [2.45, 2.75) is 90.6 Å². The van der Waals surface area contributed by atoms with Gasteiger partial charge in [-0.1, -0.05) is 76.6 Å². The summed E-state index contributed by atoms with van der Waals surface area (Å²) in [6.07, 6.45) is 9.17. The molecule has 2 saturated carbocycles. The van der Waals surface area contributed by atoms with Crippen LogP contribution >= 0.6 is 0 Å². The molecule has 1 aromatic carbocycles. The van der Waals surface area contributed by atoms with Gasteiger partial charge in [-0.25, -0.2) is 0 Å². The highest BCUT2D eigenvalue weighted by Gasteiger charge is 2.37. The summed E-state index contributed by atoms with van der Waals surface area (Å²) in [4.78, 5) is 2.49. The van der Waals surface area contributed by atoms with Crippen molar-refractivity contribution in [1.82, 2.24) is 10.2 Å². The van der Waals surface area contributed by atoms with E-state index in [1.807, 2.05) is 13.8 Å². The lowest BCUT2D eigenvalue weighted by Gasteiger charge is -2.40. The molecule has 0 radical (unpaired) electrons. The van der Waals surface area contributed by atoms with Gasteiger partial charge in [0.05, 0.1) is 6.04 Å². The van der Waals surface area contributed by atoms with Crippen molar-refractivity contribution in [3.63, 3.8) is 0 Å². The summed E-state index contributed by atoms with van der Waals surface area (Å²) in [6.45, 7) is 17.5. The van der Waals surface area contributed by atoms with Gasteiger partial charge in [-0.3, -0.25) is 0 Å². The number of hydrogen-bond acceptors (Lipinski definition) is 2. The van der Waals surface area contributed by atoms with E-state index in [2.05, 4.69) is 74.6 Å². The van der Waals surface area contributed by atoms with Gasteiger partial charge in [-0.15, -0.1) is 0 Å². The lowest BCUT2D eigenvalue weighted by Crippen LogP contribution is -2.44. The van der Waals surface area contributed by atoms with Crippen LogP contribution in [0.1, 0.15) is 84.1 Å². The topological polar surface area (TPSA) is 15.3 Å². The number of likely N-dealkylation sites (N-methyl/N-ethyl adjacent to an activating group) is 1. The van der Waals surface area contributed by atoms with Crippen molar-refractivity contribution < 1.29 is 0 Å². The first-order valence-corrected chi connectivity index (χ1v) is 11.9. The highest BCUT2D eigenvalue weighted by atomic mass is 15.2. The minimum Gasteiger partial charge on any atom is -0.385 e. The van der Waals surface area contributed by atoms with Crippen molar-refractivity contribution in [3.05, 3.63) is 60.4 Å². The molecular formula is C27H44N2. The fourth-order valence-electron chi connectivity index (χ4n) is 5.46. The highest BCUT2D eigenvalue weighted by Crippen LogP contribution is 2.45. The molecule has 0 heterocycles. The molecule has 0 aromatic heterocycles. The molecular weight excluding hydrogens is 352 g/mol. The molecule has 0 spiro atoms. The highest BCUT2D eigenvalue weighted by molar-refractivity contribution is 5.26. The number of hydrogen-bond donors (Lipinski definition) is 1. The van der Waals surface area contributed by atoms with Crippen molar-refractivity contribution in [1.29, 1.82) is 0 Å². The van der Waals surface area contributed by atoms with Gasteiger partial charge in [0.1, 0.15) is 0 Å². The Labute approximate surface area is 180 Å². The predicted molar refractivity (Wildman–Crippen MR) is 128 cm³/mol. The first kappa shape index (κ1) is 23.6. The van der Waals surface area contributed by atoms with Gasteiger partial charge in [-0.2, -0.15) is 0 Å². The molecule has 2 aliphatic carbocycles. The summed E-state index contributed by atoms with van der Waals surface area (Å²) < 4.78 is 0. The molecule has 0 bridgehead atoms. The van der Waals surface area contributed by atoms with Crippen LogP contribution in [-0.2, 0) is 0 Å². The van der Waals surface area contributed by atoms with Gasteiger partial charge in [0.2, 0.25) is 0 Å². The molecule has 2 heteroatoms. The molecule has 162 valence electrons. The Morgan fingerprint density at radius 1 is 0.966 bits per heavy atom. The Balaban J connectivity index is 0.00000145. The Bertz CT molecular complexity index is 627. The van der Waals surface area contributed by atoms with Gasteiger partial charge in [0, 0.05) is 30.4 Å². The van der Waals surface area contributed by atoms with Crippen LogP contribution in [0.2, 0.25) is 0 Å². The van der Waals surface area contributed by atoms with Crippen LogP contribution in [-0.4, -0.2) is 24.0 Å². The standard InChI is InChI=1S/C25H38N2.C2H6/c1-18(2)26-19(3)25(22-14-9-10-15-22)27(5)20(4)23-16-11-17-24(23)21-12-7-6-8-13-21;1-2/h6-8,12-13,18,22-26H,3-4,9-11,14-17H2,1-2,5H3;1-2H3. The summed E-state index contributed by atoms with van der Waals surface area (Å²) in [6, 6.07) is 11.8. The van der Waals surface area contributed by atoms with E-state index in [1.165, 1.54) is 61.9 Å². The third-order valence-electron chi connectivity index (χ3n) is 6.72. The van der Waals surface area contributed by atoms with Gasteiger partial charge < -0.3 is 10.2 Å². The third-order valence-corrected chi connectivity index (χ3v) is 6.72. The van der Waals surface area contributed by atoms with E-state index < -0.39 is 0 Å². The number of benzene rings is 1. The second kappa shape index (κ2) is 11.5. The maximum Gasteiger partial charge on any atom is 0.0704 e. The second-order valence-electron chi connectivity index (χ2n) is 8.97. The van der Waals surface area contributed by atoms with Gasteiger partial charge >= 0.3 is 0 Å². The Kier molecular flexibility index (Phi) is 9.33. The molecule has 2 fully saturated rings. The molecule has 0 aliphatic heterocycles. The minimum atomic E-state index is 0.361. The number of nitrogens with zero attached hydrogens (tertiary/aromatic N) is 1. The van der Waals surface area contributed by atoms with Crippen molar-refractivity contribution >= 4 is 0 Å². The molecule has 0 saturated heterocycles. The zero-order valence-electron chi connectivity index (χ0n) is 19.6. The number of allylic oxidation sites excluding steroid dienone is 1.